The van der Waals surface area contributed by atoms with E-state index in [4.69, 9.17) is 4.74 Å². The lowest BCUT2D eigenvalue weighted by Crippen LogP contribution is -2.39. The number of aromatic amines is 1. The van der Waals surface area contributed by atoms with Gasteiger partial charge in [-0.15, -0.1) is 0 Å². The summed E-state index contributed by atoms with van der Waals surface area (Å²) in [6.45, 7) is 6.93. The molecule has 1 amide bonds. The minimum atomic E-state index is -0.462. The summed E-state index contributed by atoms with van der Waals surface area (Å²) in [5.41, 5.74) is 4.21. The van der Waals surface area contributed by atoms with Crippen LogP contribution in [0, 0.1) is 0 Å². The summed E-state index contributed by atoms with van der Waals surface area (Å²) in [6, 6.07) is 8.47. The molecule has 0 unspecified atom stereocenters. The Morgan fingerprint density at radius 2 is 2.04 bits per heavy atom. The van der Waals surface area contributed by atoms with E-state index in [0.717, 1.165) is 22.8 Å². The second kappa shape index (κ2) is 6.16. The highest BCUT2D eigenvalue weighted by Crippen LogP contribution is 2.29. The molecule has 0 saturated carbocycles. The van der Waals surface area contributed by atoms with Gasteiger partial charge in [0.1, 0.15) is 5.60 Å². The average molecular weight is 349 g/mol. The van der Waals surface area contributed by atoms with E-state index in [1.165, 1.54) is 16.5 Å². The highest BCUT2D eigenvalue weighted by Gasteiger charge is 2.24. The molecule has 1 aliphatic heterocycles. The van der Waals surface area contributed by atoms with E-state index in [-0.39, 0.29) is 6.09 Å². The summed E-state index contributed by atoms with van der Waals surface area (Å²) in [5, 5.41) is 2.33. The van der Waals surface area contributed by atoms with Crippen LogP contribution in [0.25, 0.3) is 27.4 Å². The number of benzene rings is 1. The van der Waals surface area contributed by atoms with Crippen LogP contribution in [0.1, 0.15) is 32.8 Å². The van der Waals surface area contributed by atoms with Crippen LogP contribution in [0.3, 0.4) is 0 Å². The fraction of sp³-hybridized carbons (Fsp3) is 0.333. The monoisotopic (exact) mass is 349 g/mol. The van der Waals surface area contributed by atoms with E-state index in [2.05, 4.69) is 34.2 Å². The highest BCUT2D eigenvalue weighted by atomic mass is 16.6. The molecule has 0 aliphatic carbocycles. The van der Waals surface area contributed by atoms with Crippen LogP contribution < -0.4 is 0 Å². The molecular weight excluding hydrogens is 326 g/mol. The van der Waals surface area contributed by atoms with Crippen molar-refractivity contribution in [1.82, 2.24) is 14.9 Å². The largest absolute Gasteiger partial charge is 0.444 e. The molecule has 0 atom stereocenters. The number of ether oxygens (including phenoxy) is 1. The number of hydrogen-bond acceptors (Lipinski definition) is 3. The van der Waals surface area contributed by atoms with E-state index in [1.54, 1.807) is 11.1 Å². The number of hydrogen-bond donors (Lipinski definition) is 1. The SMILES string of the molecule is CC(C)(C)OC(=O)N1CC=C(c2ccc3c(c2)[nH]c2ccncc23)CC1. The predicted octanol–water partition coefficient (Wildman–Crippen LogP) is 4.74. The van der Waals surface area contributed by atoms with Gasteiger partial charge in [0, 0.05) is 47.3 Å². The standard InChI is InChI=1S/C21H23N3O2/c1-21(2,3)26-20(25)24-10-7-14(8-11-24)15-4-5-16-17-13-22-9-6-18(17)23-19(16)12-15/h4-7,9,12-13,23H,8,10-11H2,1-3H3. The molecule has 5 nitrogen and oxygen atoms in total. The molecule has 26 heavy (non-hydrogen) atoms. The molecule has 3 heterocycles. The van der Waals surface area contributed by atoms with Crippen molar-refractivity contribution in [3.8, 4) is 0 Å². The predicted molar refractivity (Wildman–Crippen MR) is 104 cm³/mol. The van der Waals surface area contributed by atoms with Crippen LogP contribution >= 0.6 is 0 Å². The van der Waals surface area contributed by atoms with Crippen LogP contribution in [0.4, 0.5) is 4.79 Å². The normalized spacial score (nSPS) is 15.3. The molecule has 1 N–H and O–H groups in total. The van der Waals surface area contributed by atoms with Gasteiger partial charge in [-0.1, -0.05) is 18.2 Å². The maximum atomic E-state index is 12.2. The molecule has 0 fully saturated rings. The van der Waals surface area contributed by atoms with Crippen LogP contribution in [0.2, 0.25) is 0 Å². The summed E-state index contributed by atoms with van der Waals surface area (Å²) in [5.74, 6) is 0. The number of carbonyl (C=O) groups excluding carboxylic acids is 1. The van der Waals surface area contributed by atoms with E-state index >= 15 is 0 Å². The molecule has 3 aromatic rings. The van der Waals surface area contributed by atoms with Gasteiger partial charge in [0.05, 0.1) is 0 Å². The molecule has 134 valence electrons. The van der Waals surface area contributed by atoms with Gasteiger partial charge in [-0.2, -0.15) is 0 Å². The molecule has 2 aromatic heterocycles. The third-order valence-corrected chi connectivity index (χ3v) is 4.63. The number of amides is 1. The maximum Gasteiger partial charge on any atom is 0.410 e. The van der Waals surface area contributed by atoms with Crippen molar-refractivity contribution in [1.29, 1.82) is 0 Å². The van der Waals surface area contributed by atoms with E-state index < -0.39 is 5.60 Å². The average Bonchev–Trinajstić information content (AvgIpc) is 2.98. The lowest BCUT2D eigenvalue weighted by Gasteiger charge is -2.29. The van der Waals surface area contributed by atoms with E-state index in [9.17, 15) is 4.79 Å². The van der Waals surface area contributed by atoms with Gasteiger partial charge in [0.25, 0.3) is 0 Å². The van der Waals surface area contributed by atoms with Crippen LogP contribution in [-0.2, 0) is 4.74 Å². The molecule has 0 radical (unpaired) electrons. The number of nitrogens with zero attached hydrogens (tertiary/aromatic N) is 2. The first-order valence-corrected chi connectivity index (χ1v) is 8.93. The Hall–Kier alpha value is -2.82. The number of aromatic nitrogens is 2. The third-order valence-electron chi connectivity index (χ3n) is 4.63. The first-order chi connectivity index (χ1) is 12.4. The Morgan fingerprint density at radius 1 is 1.19 bits per heavy atom. The van der Waals surface area contributed by atoms with Gasteiger partial charge < -0.3 is 14.6 Å². The number of pyridine rings is 1. The zero-order valence-corrected chi connectivity index (χ0v) is 15.4. The Bertz CT molecular complexity index is 1010. The summed E-state index contributed by atoms with van der Waals surface area (Å²) < 4.78 is 5.46. The summed E-state index contributed by atoms with van der Waals surface area (Å²) in [4.78, 5) is 21.6. The van der Waals surface area contributed by atoms with Gasteiger partial charge >= 0.3 is 6.09 Å². The Morgan fingerprint density at radius 3 is 2.77 bits per heavy atom. The number of H-pyrrole nitrogens is 1. The zero-order chi connectivity index (χ0) is 18.3. The van der Waals surface area contributed by atoms with Gasteiger partial charge in [0.2, 0.25) is 0 Å². The topological polar surface area (TPSA) is 58.2 Å². The number of fused-ring (bicyclic) bond motifs is 3. The third kappa shape index (κ3) is 3.17. The van der Waals surface area contributed by atoms with Crippen LogP contribution in [0.15, 0.2) is 42.7 Å². The lowest BCUT2D eigenvalue weighted by molar-refractivity contribution is 0.0270. The maximum absolute atomic E-state index is 12.2. The highest BCUT2D eigenvalue weighted by molar-refractivity contribution is 6.07. The van der Waals surface area contributed by atoms with E-state index in [1.807, 2.05) is 33.0 Å². The number of nitrogens with one attached hydrogen (secondary N) is 1. The Balaban J connectivity index is 1.57. The first kappa shape index (κ1) is 16.6. The van der Waals surface area contributed by atoms with Crippen molar-refractivity contribution >= 4 is 33.5 Å². The molecular formula is C21H23N3O2. The Kier molecular flexibility index (Phi) is 3.94. The minimum Gasteiger partial charge on any atom is -0.444 e. The quantitative estimate of drug-likeness (QED) is 0.690. The lowest BCUT2D eigenvalue weighted by atomic mass is 9.98. The summed E-state index contributed by atoms with van der Waals surface area (Å²) >= 11 is 0. The molecule has 4 rings (SSSR count). The molecule has 1 aromatic carbocycles. The van der Waals surface area contributed by atoms with Gasteiger partial charge in [0.15, 0.2) is 0 Å². The number of carbonyl (C=O) groups is 1. The molecule has 5 heteroatoms. The van der Waals surface area contributed by atoms with Crippen molar-refractivity contribution in [3.63, 3.8) is 0 Å². The summed E-state index contributed by atoms with van der Waals surface area (Å²) in [7, 11) is 0. The minimum absolute atomic E-state index is 0.244. The Labute approximate surface area is 152 Å². The van der Waals surface area contributed by atoms with Crippen molar-refractivity contribution in [2.75, 3.05) is 13.1 Å². The zero-order valence-electron chi connectivity index (χ0n) is 15.4. The first-order valence-electron chi connectivity index (χ1n) is 8.93. The molecule has 0 spiro atoms. The molecule has 1 aliphatic rings. The van der Waals surface area contributed by atoms with Crippen molar-refractivity contribution in [2.24, 2.45) is 0 Å². The fourth-order valence-electron chi connectivity index (χ4n) is 3.37. The smallest absolute Gasteiger partial charge is 0.410 e. The second-order valence-corrected chi connectivity index (χ2v) is 7.71. The van der Waals surface area contributed by atoms with Crippen molar-refractivity contribution in [2.45, 2.75) is 32.8 Å². The van der Waals surface area contributed by atoms with Gasteiger partial charge in [-0.05, 0) is 50.5 Å². The number of rotatable bonds is 1. The van der Waals surface area contributed by atoms with Crippen LogP contribution in [-0.4, -0.2) is 39.7 Å². The molecule has 0 bridgehead atoms. The second-order valence-electron chi connectivity index (χ2n) is 7.71. The van der Waals surface area contributed by atoms with Gasteiger partial charge in [-0.25, -0.2) is 4.79 Å². The fourth-order valence-corrected chi connectivity index (χ4v) is 3.37. The van der Waals surface area contributed by atoms with Crippen molar-refractivity contribution < 1.29 is 9.53 Å². The van der Waals surface area contributed by atoms with Crippen molar-refractivity contribution in [3.05, 3.63) is 48.3 Å². The summed E-state index contributed by atoms with van der Waals surface area (Å²) in [6.07, 6.45) is 6.40. The van der Waals surface area contributed by atoms with Crippen LogP contribution in [0.5, 0.6) is 0 Å². The van der Waals surface area contributed by atoms with Gasteiger partial charge in [-0.3, -0.25) is 4.98 Å². The molecule has 0 saturated heterocycles. The van der Waals surface area contributed by atoms with E-state index in [0.29, 0.717) is 13.1 Å².